The fourth-order valence-corrected chi connectivity index (χ4v) is 1.89. The van der Waals surface area contributed by atoms with E-state index in [1.807, 2.05) is 0 Å². The Morgan fingerprint density at radius 3 is 2.36 bits per heavy atom. The van der Waals surface area contributed by atoms with Crippen LogP contribution in [-0.2, 0) is 15.4 Å². The molecule has 0 amide bonds. The molecule has 0 bridgehead atoms. The highest BCUT2D eigenvalue weighted by atomic mass is 79.9. The standard InChI is InChI=1S/C7H6BrN3O2S/c8-5-6-1-3-7(4-2-6)14(12,13)11-10-9/h1-4H,5H2. The monoisotopic (exact) mass is 275 g/mol. The fraction of sp³-hybridized carbons (Fsp3) is 0.143. The van der Waals surface area contributed by atoms with Crippen LogP contribution in [0.3, 0.4) is 0 Å². The molecule has 0 aliphatic heterocycles. The van der Waals surface area contributed by atoms with Crippen LogP contribution in [0.15, 0.2) is 33.7 Å². The number of halogens is 1. The highest BCUT2D eigenvalue weighted by molar-refractivity contribution is 9.08. The van der Waals surface area contributed by atoms with Gasteiger partial charge in [-0.1, -0.05) is 28.1 Å². The molecule has 0 unspecified atom stereocenters. The molecule has 0 aliphatic carbocycles. The lowest BCUT2D eigenvalue weighted by atomic mass is 10.2. The predicted molar refractivity (Wildman–Crippen MR) is 55.4 cm³/mol. The van der Waals surface area contributed by atoms with Gasteiger partial charge in [0.2, 0.25) is 0 Å². The van der Waals surface area contributed by atoms with Crippen LogP contribution in [0.5, 0.6) is 0 Å². The van der Waals surface area contributed by atoms with Crippen molar-refractivity contribution >= 4 is 26.0 Å². The molecule has 1 rings (SSSR count). The lowest BCUT2D eigenvalue weighted by Crippen LogP contribution is -1.94. The van der Waals surface area contributed by atoms with Gasteiger partial charge in [0, 0.05) is 14.8 Å². The maximum absolute atomic E-state index is 11.2. The third-order valence-corrected chi connectivity index (χ3v) is 3.32. The van der Waals surface area contributed by atoms with E-state index in [4.69, 9.17) is 5.53 Å². The van der Waals surface area contributed by atoms with Gasteiger partial charge in [0.15, 0.2) is 0 Å². The van der Waals surface area contributed by atoms with E-state index in [1.54, 1.807) is 12.1 Å². The number of alkyl halides is 1. The average Bonchev–Trinajstić information content (AvgIpc) is 2.18. The smallest absolute Gasteiger partial charge is 0.216 e. The zero-order valence-corrected chi connectivity index (χ0v) is 9.36. The van der Waals surface area contributed by atoms with E-state index in [0.29, 0.717) is 5.33 Å². The Morgan fingerprint density at radius 2 is 1.93 bits per heavy atom. The van der Waals surface area contributed by atoms with Crippen LogP contribution in [0.4, 0.5) is 0 Å². The summed E-state index contributed by atoms with van der Waals surface area (Å²) in [4.78, 5) is 2.25. The van der Waals surface area contributed by atoms with Gasteiger partial charge in [0.05, 0.1) is 4.90 Å². The van der Waals surface area contributed by atoms with Gasteiger partial charge in [-0.3, -0.25) is 0 Å². The van der Waals surface area contributed by atoms with Crippen LogP contribution in [0.2, 0.25) is 0 Å². The molecular weight excluding hydrogens is 270 g/mol. The summed E-state index contributed by atoms with van der Waals surface area (Å²) in [6, 6.07) is 6.10. The zero-order chi connectivity index (χ0) is 10.6. The van der Waals surface area contributed by atoms with E-state index in [-0.39, 0.29) is 4.90 Å². The highest BCUT2D eigenvalue weighted by Crippen LogP contribution is 2.14. The molecule has 0 heterocycles. The van der Waals surface area contributed by atoms with Gasteiger partial charge < -0.3 is 0 Å². The first-order valence-corrected chi connectivity index (χ1v) is 6.12. The molecule has 14 heavy (non-hydrogen) atoms. The zero-order valence-electron chi connectivity index (χ0n) is 6.96. The van der Waals surface area contributed by atoms with E-state index < -0.39 is 10.0 Å². The summed E-state index contributed by atoms with van der Waals surface area (Å²) in [5, 5.41) is 0.648. The SMILES string of the molecule is [N-]=[N+]=NS(=O)(=O)c1ccc(CBr)cc1. The van der Waals surface area contributed by atoms with Gasteiger partial charge in [-0.15, -0.1) is 0 Å². The summed E-state index contributed by atoms with van der Waals surface area (Å²) >= 11 is 3.23. The molecule has 0 saturated carbocycles. The molecule has 0 aromatic heterocycles. The van der Waals surface area contributed by atoms with Gasteiger partial charge in [-0.2, -0.15) is 0 Å². The number of nitrogens with zero attached hydrogens (tertiary/aromatic N) is 3. The van der Waals surface area contributed by atoms with Crippen LogP contribution in [-0.4, -0.2) is 8.42 Å². The number of benzene rings is 1. The van der Waals surface area contributed by atoms with E-state index in [1.165, 1.54) is 12.1 Å². The summed E-state index contributed by atoms with van der Waals surface area (Å²) in [5.74, 6) is 0. The molecule has 0 radical (unpaired) electrons. The Hall–Kier alpha value is -1.04. The topological polar surface area (TPSA) is 82.9 Å². The van der Waals surface area contributed by atoms with Crippen LogP contribution in [0.1, 0.15) is 5.56 Å². The minimum atomic E-state index is -3.84. The van der Waals surface area contributed by atoms with Crippen molar-refractivity contribution < 1.29 is 8.42 Å². The van der Waals surface area contributed by atoms with E-state index >= 15 is 0 Å². The Bertz CT molecular complexity index is 462. The minimum Gasteiger partial charge on any atom is -0.216 e. The largest absolute Gasteiger partial charge is 0.264 e. The van der Waals surface area contributed by atoms with E-state index in [9.17, 15) is 8.42 Å². The summed E-state index contributed by atoms with van der Waals surface area (Å²) in [7, 11) is -3.84. The molecule has 74 valence electrons. The fourth-order valence-electron chi connectivity index (χ4n) is 0.846. The van der Waals surface area contributed by atoms with Crippen molar-refractivity contribution in [1.29, 1.82) is 0 Å². The molecule has 1 aromatic rings. The highest BCUT2D eigenvalue weighted by Gasteiger charge is 2.10. The quantitative estimate of drug-likeness (QED) is 0.368. The summed E-state index contributed by atoms with van der Waals surface area (Å²) in [6.45, 7) is 0. The van der Waals surface area contributed by atoms with E-state index in [0.717, 1.165) is 5.56 Å². The van der Waals surface area contributed by atoms with Crippen molar-refractivity contribution in [2.75, 3.05) is 0 Å². The van der Waals surface area contributed by atoms with E-state index in [2.05, 4.69) is 25.4 Å². The first-order chi connectivity index (χ1) is 6.60. The maximum Gasteiger partial charge on any atom is 0.264 e. The maximum atomic E-state index is 11.2. The van der Waals surface area contributed by atoms with Crippen LogP contribution >= 0.6 is 15.9 Å². The van der Waals surface area contributed by atoms with Gasteiger partial charge >= 0.3 is 0 Å². The third kappa shape index (κ3) is 2.47. The van der Waals surface area contributed by atoms with Gasteiger partial charge in [-0.05, 0) is 23.2 Å². The Kier molecular flexibility index (Phi) is 3.51. The predicted octanol–water partition coefficient (Wildman–Crippen LogP) is 2.58. The molecule has 5 nitrogen and oxygen atoms in total. The molecule has 0 aliphatic rings. The summed E-state index contributed by atoms with van der Waals surface area (Å²) < 4.78 is 25.1. The first kappa shape index (κ1) is 11.0. The molecule has 7 heteroatoms. The Morgan fingerprint density at radius 1 is 1.36 bits per heavy atom. The van der Waals surface area contributed by atoms with Crippen molar-refractivity contribution in [3.05, 3.63) is 40.3 Å². The third-order valence-electron chi connectivity index (χ3n) is 1.52. The van der Waals surface area contributed by atoms with Crippen molar-refractivity contribution in [3.8, 4) is 0 Å². The number of azide groups is 1. The number of hydrogen-bond donors (Lipinski definition) is 0. The second-order valence-corrected chi connectivity index (χ2v) is 4.57. The van der Waals surface area contributed by atoms with Gasteiger partial charge in [-0.25, -0.2) is 8.42 Å². The number of rotatable bonds is 3. The lowest BCUT2D eigenvalue weighted by molar-refractivity contribution is 0.597. The summed E-state index contributed by atoms with van der Waals surface area (Å²) in [5.41, 5.74) is 8.98. The normalized spacial score (nSPS) is 10.6. The molecular formula is C7H6BrN3O2S. The minimum absolute atomic E-state index is 0.000000000000000444. The van der Waals surface area contributed by atoms with Gasteiger partial charge in [0.25, 0.3) is 10.0 Å². The van der Waals surface area contributed by atoms with Crippen molar-refractivity contribution in [2.45, 2.75) is 10.2 Å². The molecule has 1 aromatic carbocycles. The summed E-state index contributed by atoms with van der Waals surface area (Å²) in [6.07, 6.45) is 0. The van der Waals surface area contributed by atoms with Gasteiger partial charge in [0.1, 0.15) is 0 Å². The number of hydrogen-bond acceptors (Lipinski definition) is 2. The molecule has 0 N–H and O–H groups in total. The lowest BCUT2D eigenvalue weighted by Gasteiger charge is -1.98. The van der Waals surface area contributed by atoms with Crippen molar-refractivity contribution in [1.82, 2.24) is 0 Å². The van der Waals surface area contributed by atoms with Crippen LogP contribution in [0, 0.1) is 0 Å². The number of sulfonamides is 1. The molecule has 0 fully saturated rings. The average molecular weight is 276 g/mol. The second kappa shape index (κ2) is 4.45. The Labute approximate surface area is 89.6 Å². The first-order valence-electron chi connectivity index (χ1n) is 3.56. The molecule has 0 spiro atoms. The van der Waals surface area contributed by atoms with Crippen LogP contribution in [0.25, 0.3) is 10.4 Å². The second-order valence-electron chi connectivity index (χ2n) is 2.42. The van der Waals surface area contributed by atoms with Crippen molar-refractivity contribution in [3.63, 3.8) is 0 Å². The molecule has 0 saturated heterocycles. The van der Waals surface area contributed by atoms with Crippen LogP contribution < -0.4 is 0 Å². The molecule has 0 atom stereocenters. The van der Waals surface area contributed by atoms with Crippen molar-refractivity contribution in [2.24, 2.45) is 4.52 Å². The Balaban J connectivity index is 3.16.